The van der Waals surface area contributed by atoms with Crippen molar-refractivity contribution in [2.24, 2.45) is 0 Å². The second-order valence-electron chi connectivity index (χ2n) is 6.68. The predicted octanol–water partition coefficient (Wildman–Crippen LogP) is 5.11. The Labute approximate surface area is 169 Å². The Morgan fingerprint density at radius 2 is 1.55 bits per heavy atom. The van der Waals surface area contributed by atoms with E-state index in [0.29, 0.717) is 11.4 Å². The van der Waals surface area contributed by atoms with Crippen LogP contribution >= 0.6 is 0 Å². The van der Waals surface area contributed by atoms with E-state index in [1.54, 1.807) is 42.1 Å². The summed E-state index contributed by atoms with van der Waals surface area (Å²) in [5.74, 6) is 0.519. The number of ether oxygens (including phenoxy) is 1. The van der Waals surface area contributed by atoms with E-state index in [1.165, 1.54) is 0 Å². The summed E-state index contributed by atoms with van der Waals surface area (Å²) < 4.78 is 6.82. The molecule has 0 unspecified atom stereocenters. The number of hydrogen-bond donors (Lipinski definition) is 1. The van der Waals surface area contributed by atoms with Gasteiger partial charge in [-0.15, -0.1) is 0 Å². The van der Waals surface area contributed by atoms with Crippen LogP contribution in [0.15, 0.2) is 84.9 Å². The highest BCUT2D eigenvalue weighted by molar-refractivity contribution is 6.03. The monoisotopic (exact) mass is 383 g/mol. The third-order valence-corrected chi connectivity index (χ3v) is 4.63. The van der Waals surface area contributed by atoms with Crippen molar-refractivity contribution in [3.8, 4) is 22.6 Å². The number of anilines is 1. The van der Waals surface area contributed by atoms with Crippen molar-refractivity contribution in [1.29, 1.82) is 0 Å². The lowest BCUT2D eigenvalue weighted by Crippen LogP contribution is -2.16. The van der Waals surface area contributed by atoms with E-state index in [-0.39, 0.29) is 5.91 Å². The fourth-order valence-corrected chi connectivity index (χ4v) is 3.15. The minimum atomic E-state index is -0.220. The van der Waals surface area contributed by atoms with Crippen LogP contribution in [0.5, 0.6) is 5.75 Å². The van der Waals surface area contributed by atoms with Gasteiger partial charge in [-0.1, -0.05) is 42.5 Å². The molecule has 1 aromatic heterocycles. The predicted molar refractivity (Wildman–Crippen MR) is 115 cm³/mol. The number of hydrogen-bond acceptors (Lipinski definition) is 3. The molecule has 0 aliphatic heterocycles. The van der Waals surface area contributed by atoms with Gasteiger partial charge in [0.25, 0.3) is 5.91 Å². The normalized spacial score (nSPS) is 10.6. The molecule has 4 aromatic rings. The van der Waals surface area contributed by atoms with E-state index >= 15 is 0 Å². The Kier molecular flexibility index (Phi) is 5.12. The zero-order valence-electron chi connectivity index (χ0n) is 16.3. The number of methoxy groups -OCH3 is 1. The van der Waals surface area contributed by atoms with Gasteiger partial charge in [0, 0.05) is 5.69 Å². The summed E-state index contributed by atoms with van der Waals surface area (Å²) in [6.45, 7) is 1.87. The van der Waals surface area contributed by atoms with Crippen molar-refractivity contribution in [2.45, 2.75) is 6.92 Å². The van der Waals surface area contributed by atoms with Crippen LogP contribution in [0, 0.1) is 6.92 Å². The summed E-state index contributed by atoms with van der Waals surface area (Å²) in [6.07, 6.45) is 0. The summed E-state index contributed by atoms with van der Waals surface area (Å²) in [4.78, 5) is 12.9. The largest absolute Gasteiger partial charge is 0.497 e. The fraction of sp³-hybridized carbons (Fsp3) is 0.0833. The second kappa shape index (κ2) is 8.02. The van der Waals surface area contributed by atoms with Crippen LogP contribution in [-0.4, -0.2) is 22.8 Å². The molecule has 0 bridgehead atoms. The van der Waals surface area contributed by atoms with E-state index in [4.69, 9.17) is 4.74 Å². The maximum atomic E-state index is 12.9. The average molecular weight is 383 g/mol. The average Bonchev–Trinajstić information content (AvgIpc) is 3.17. The number of aryl methyl sites for hydroxylation is 1. The lowest BCUT2D eigenvalue weighted by Gasteiger charge is -2.10. The van der Waals surface area contributed by atoms with E-state index in [9.17, 15) is 4.79 Å². The molecule has 0 atom stereocenters. The topological polar surface area (TPSA) is 56.1 Å². The Morgan fingerprint density at radius 1 is 0.897 bits per heavy atom. The minimum absolute atomic E-state index is 0.220. The molecular formula is C24H21N3O2. The molecule has 0 aliphatic carbocycles. The number of benzene rings is 3. The van der Waals surface area contributed by atoms with Crippen molar-refractivity contribution in [3.63, 3.8) is 0 Å². The van der Waals surface area contributed by atoms with Gasteiger partial charge in [0.1, 0.15) is 11.4 Å². The van der Waals surface area contributed by atoms with E-state index in [1.807, 2.05) is 49.4 Å². The lowest BCUT2D eigenvalue weighted by molar-refractivity contribution is 0.101. The van der Waals surface area contributed by atoms with Gasteiger partial charge in [-0.3, -0.25) is 4.79 Å². The zero-order chi connectivity index (χ0) is 20.2. The van der Waals surface area contributed by atoms with Crippen LogP contribution in [0.3, 0.4) is 0 Å². The van der Waals surface area contributed by atoms with Gasteiger partial charge in [-0.05, 0) is 60.5 Å². The SMILES string of the molecule is COc1ccc(NC(=O)c2cc(C)nn2-c2ccc(-c3ccccc3)cc2)cc1. The van der Waals surface area contributed by atoms with Crippen molar-refractivity contribution in [2.75, 3.05) is 12.4 Å². The Morgan fingerprint density at radius 3 is 2.21 bits per heavy atom. The van der Waals surface area contributed by atoms with Gasteiger partial charge in [-0.2, -0.15) is 5.10 Å². The quantitative estimate of drug-likeness (QED) is 0.521. The number of nitrogens with one attached hydrogen (secondary N) is 1. The van der Waals surface area contributed by atoms with Crippen LogP contribution in [0.4, 0.5) is 5.69 Å². The van der Waals surface area contributed by atoms with Crippen LogP contribution in [0.1, 0.15) is 16.2 Å². The molecule has 1 amide bonds. The van der Waals surface area contributed by atoms with Crippen LogP contribution in [0.25, 0.3) is 16.8 Å². The van der Waals surface area contributed by atoms with Gasteiger partial charge in [0.2, 0.25) is 0 Å². The van der Waals surface area contributed by atoms with Gasteiger partial charge in [-0.25, -0.2) is 4.68 Å². The molecule has 0 aliphatic rings. The second-order valence-corrected chi connectivity index (χ2v) is 6.68. The third kappa shape index (κ3) is 4.04. The first-order valence-corrected chi connectivity index (χ1v) is 9.32. The smallest absolute Gasteiger partial charge is 0.274 e. The summed E-state index contributed by atoms with van der Waals surface area (Å²) in [6, 6.07) is 27.2. The molecule has 1 heterocycles. The van der Waals surface area contributed by atoms with Crippen LogP contribution in [-0.2, 0) is 0 Å². The zero-order valence-corrected chi connectivity index (χ0v) is 16.3. The summed E-state index contributed by atoms with van der Waals surface area (Å²) in [7, 11) is 1.61. The van der Waals surface area contributed by atoms with E-state index in [0.717, 1.165) is 28.3 Å². The number of amides is 1. The first kappa shape index (κ1) is 18.5. The van der Waals surface area contributed by atoms with Crippen molar-refractivity contribution >= 4 is 11.6 Å². The highest BCUT2D eigenvalue weighted by atomic mass is 16.5. The van der Waals surface area contributed by atoms with Crippen molar-refractivity contribution in [1.82, 2.24) is 9.78 Å². The number of carbonyl (C=O) groups is 1. The number of aromatic nitrogens is 2. The molecule has 5 heteroatoms. The summed E-state index contributed by atoms with van der Waals surface area (Å²) >= 11 is 0. The van der Waals surface area contributed by atoms with Gasteiger partial charge in [0.05, 0.1) is 18.5 Å². The Bertz CT molecular complexity index is 1120. The highest BCUT2D eigenvalue weighted by Crippen LogP contribution is 2.22. The van der Waals surface area contributed by atoms with Gasteiger partial charge in [0.15, 0.2) is 0 Å². The fourth-order valence-electron chi connectivity index (χ4n) is 3.15. The van der Waals surface area contributed by atoms with Crippen molar-refractivity contribution in [3.05, 3.63) is 96.3 Å². The molecule has 29 heavy (non-hydrogen) atoms. The van der Waals surface area contributed by atoms with Gasteiger partial charge < -0.3 is 10.1 Å². The molecule has 144 valence electrons. The van der Waals surface area contributed by atoms with Crippen LogP contribution < -0.4 is 10.1 Å². The molecule has 5 nitrogen and oxygen atoms in total. The maximum absolute atomic E-state index is 12.9. The Balaban J connectivity index is 1.60. The highest BCUT2D eigenvalue weighted by Gasteiger charge is 2.16. The molecule has 0 saturated carbocycles. The third-order valence-electron chi connectivity index (χ3n) is 4.63. The molecule has 0 radical (unpaired) electrons. The molecular weight excluding hydrogens is 362 g/mol. The summed E-state index contributed by atoms with van der Waals surface area (Å²) in [5, 5.41) is 7.42. The number of rotatable bonds is 5. The van der Waals surface area contributed by atoms with E-state index in [2.05, 4.69) is 22.5 Å². The first-order chi connectivity index (χ1) is 14.1. The standard InChI is InChI=1S/C24H21N3O2/c1-17-16-23(24(28)25-20-10-14-22(29-2)15-11-20)27(26-17)21-12-8-19(9-13-21)18-6-4-3-5-7-18/h3-16H,1-2H3,(H,25,28). The van der Waals surface area contributed by atoms with Gasteiger partial charge >= 0.3 is 0 Å². The number of nitrogens with zero attached hydrogens (tertiary/aromatic N) is 2. The van der Waals surface area contributed by atoms with Crippen LogP contribution in [0.2, 0.25) is 0 Å². The molecule has 3 aromatic carbocycles. The van der Waals surface area contributed by atoms with Crippen molar-refractivity contribution < 1.29 is 9.53 Å². The lowest BCUT2D eigenvalue weighted by atomic mass is 10.1. The van der Waals surface area contributed by atoms with E-state index < -0.39 is 0 Å². The summed E-state index contributed by atoms with van der Waals surface area (Å²) in [5.41, 5.74) is 5.04. The molecule has 4 rings (SSSR count). The minimum Gasteiger partial charge on any atom is -0.497 e. The molecule has 0 fully saturated rings. The maximum Gasteiger partial charge on any atom is 0.274 e. The Hall–Kier alpha value is -3.86. The first-order valence-electron chi connectivity index (χ1n) is 9.32. The molecule has 1 N–H and O–H groups in total. The molecule has 0 spiro atoms. The molecule has 0 saturated heterocycles. The number of carbonyl (C=O) groups excluding carboxylic acids is 1.